The van der Waals surface area contributed by atoms with Crippen molar-refractivity contribution in [2.45, 2.75) is 70.1 Å². The number of aliphatic carboxylic acids is 1. The SMILES string of the molecule is CC(C)C(NC(=O)C(CC(N)=O)NC(=O)C(CC(N)=O)NC(=O)C(N)CCCCN)C(=O)O. The van der Waals surface area contributed by atoms with Gasteiger partial charge in [-0.05, 0) is 25.3 Å². The normalized spacial score (nSPS) is 14.5. The maximum Gasteiger partial charge on any atom is 0.326 e. The lowest BCUT2D eigenvalue weighted by atomic mass is 10.0. The first-order valence-electron chi connectivity index (χ1n) is 10.5. The molecule has 0 aliphatic rings. The number of hydrogen-bond acceptors (Lipinski definition) is 8. The van der Waals surface area contributed by atoms with Crippen LogP contribution in [-0.2, 0) is 28.8 Å². The first-order valence-corrected chi connectivity index (χ1v) is 10.5. The molecule has 0 radical (unpaired) electrons. The van der Waals surface area contributed by atoms with Gasteiger partial charge in [0.05, 0.1) is 18.9 Å². The fourth-order valence-corrected chi connectivity index (χ4v) is 2.78. The van der Waals surface area contributed by atoms with Crippen molar-refractivity contribution in [1.29, 1.82) is 0 Å². The fraction of sp³-hybridized carbons (Fsp3) is 0.684. The van der Waals surface area contributed by atoms with Gasteiger partial charge in [0.25, 0.3) is 0 Å². The van der Waals surface area contributed by atoms with Gasteiger partial charge in [-0.3, -0.25) is 24.0 Å². The molecule has 4 atom stereocenters. The summed E-state index contributed by atoms with van der Waals surface area (Å²) < 4.78 is 0. The molecular weight excluding hydrogens is 438 g/mol. The van der Waals surface area contributed by atoms with E-state index in [2.05, 4.69) is 16.0 Å². The van der Waals surface area contributed by atoms with Crippen molar-refractivity contribution < 1.29 is 33.9 Å². The summed E-state index contributed by atoms with van der Waals surface area (Å²) in [6.07, 6.45) is 0.231. The Morgan fingerprint density at radius 3 is 1.64 bits per heavy atom. The number of hydrogen-bond donors (Lipinski definition) is 8. The van der Waals surface area contributed by atoms with Crippen molar-refractivity contribution >= 4 is 35.5 Å². The van der Waals surface area contributed by atoms with E-state index in [-0.39, 0.29) is 6.42 Å². The Bertz CT molecular complexity index is 729. The molecule has 0 saturated carbocycles. The average molecular weight is 474 g/mol. The molecule has 0 saturated heterocycles. The minimum Gasteiger partial charge on any atom is -0.480 e. The summed E-state index contributed by atoms with van der Waals surface area (Å²) in [5.74, 6) is -6.41. The van der Waals surface area contributed by atoms with E-state index in [0.717, 1.165) is 0 Å². The molecule has 5 amide bonds. The van der Waals surface area contributed by atoms with E-state index in [1.165, 1.54) is 0 Å². The molecule has 0 aliphatic heterocycles. The molecule has 0 aliphatic carbocycles. The second kappa shape index (κ2) is 14.7. The monoisotopic (exact) mass is 473 g/mol. The number of unbranched alkanes of at least 4 members (excludes halogenated alkanes) is 1. The van der Waals surface area contributed by atoms with Crippen LogP contribution in [0.2, 0.25) is 0 Å². The van der Waals surface area contributed by atoms with Crippen molar-refractivity contribution in [3.63, 3.8) is 0 Å². The van der Waals surface area contributed by atoms with Gasteiger partial charge >= 0.3 is 5.97 Å². The Hall–Kier alpha value is -3.26. The second-order valence-corrected chi connectivity index (χ2v) is 7.92. The van der Waals surface area contributed by atoms with Crippen LogP contribution in [0.1, 0.15) is 46.0 Å². The minimum atomic E-state index is -1.55. The molecule has 0 spiro atoms. The molecule has 0 aromatic carbocycles. The van der Waals surface area contributed by atoms with Crippen LogP contribution in [0.15, 0.2) is 0 Å². The summed E-state index contributed by atoms with van der Waals surface area (Å²) in [4.78, 5) is 71.7. The van der Waals surface area contributed by atoms with Crippen LogP contribution in [0.3, 0.4) is 0 Å². The van der Waals surface area contributed by atoms with Crippen LogP contribution in [-0.4, -0.2) is 71.3 Å². The third kappa shape index (κ3) is 11.8. The zero-order chi connectivity index (χ0) is 25.7. The quantitative estimate of drug-likeness (QED) is 0.103. The highest BCUT2D eigenvalue weighted by molar-refractivity contribution is 5.97. The molecule has 0 fully saturated rings. The van der Waals surface area contributed by atoms with E-state index in [0.29, 0.717) is 19.4 Å². The zero-order valence-electron chi connectivity index (χ0n) is 18.8. The lowest BCUT2D eigenvalue weighted by Crippen LogP contribution is -2.58. The van der Waals surface area contributed by atoms with Gasteiger partial charge in [-0.25, -0.2) is 4.79 Å². The van der Waals surface area contributed by atoms with Gasteiger partial charge in [-0.15, -0.1) is 0 Å². The van der Waals surface area contributed by atoms with Crippen molar-refractivity contribution in [3.05, 3.63) is 0 Å². The molecule has 12 N–H and O–H groups in total. The molecule has 0 rings (SSSR count). The molecule has 188 valence electrons. The third-order valence-electron chi connectivity index (χ3n) is 4.61. The molecule has 0 aromatic heterocycles. The lowest BCUT2D eigenvalue weighted by molar-refractivity contribution is -0.143. The van der Waals surface area contributed by atoms with Crippen LogP contribution in [0.5, 0.6) is 0 Å². The predicted octanol–water partition coefficient (Wildman–Crippen LogP) is -3.61. The van der Waals surface area contributed by atoms with Gasteiger partial charge in [-0.1, -0.05) is 20.3 Å². The highest BCUT2D eigenvalue weighted by Gasteiger charge is 2.32. The highest BCUT2D eigenvalue weighted by atomic mass is 16.4. The summed E-state index contributed by atoms with van der Waals surface area (Å²) in [6, 6.07) is -5.32. The summed E-state index contributed by atoms with van der Waals surface area (Å²) in [6.45, 7) is 3.52. The number of rotatable bonds is 16. The van der Waals surface area contributed by atoms with Gasteiger partial charge in [0.15, 0.2) is 0 Å². The summed E-state index contributed by atoms with van der Waals surface area (Å²) >= 11 is 0. The molecule has 0 bridgehead atoms. The molecule has 33 heavy (non-hydrogen) atoms. The van der Waals surface area contributed by atoms with Gasteiger partial charge in [-0.2, -0.15) is 0 Å². The Balaban J connectivity index is 5.45. The van der Waals surface area contributed by atoms with Gasteiger partial charge in [0.1, 0.15) is 18.1 Å². The maximum atomic E-state index is 12.7. The van der Waals surface area contributed by atoms with E-state index in [1.54, 1.807) is 13.8 Å². The number of nitrogens with one attached hydrogen (secondary N) is 3. The second-order valence-electron chi connectivity index (χ2n) is 7.92. The average Bonchev–Trinajstić information content (AvgIpc) is 2.69. The number of primary amides is 2. The van der Waals surface area contributed by atoms with E-state index in [4.69, 9.17) is 22.9 Å². The molecule has 0 heterocycles. The van der Waals surface area contributed by atoms with Crippen LogP contribution in [0.4, 0.5) is 0 Å². The topological polar surface area (TPSA) is 263 Å². The largest absolute Gasteiger partial charge is 0.480 e. The predicted molar refractivity (Wildman–Crippen MR) is 117 cm³/mol. The van der Waals surface area contributed by atoms with Crippen molar-refractivity contribution in [2.75, 3.05) is 6.54 Å². The number of nitrogens with two attached hydrogens (primary N) is 4. The standard InChI is InChI=1S/C19H35N7O7/c1-9(2)15(19(32)33)26-18(31)12(8-14(23)28)25-17(30)11(7-13(22)27)24-16(29)10(21)5-3-4-6-20/h9-12,15H,3-8,20-21H2,1-2H3,(H2,22,27)(H2,23,28)(H,24,29)(H,25,30)(H,26,31)(H,32,33). The van der Waals surface area contributed by atoms with Crippen molar-refractivity contribution in [1.82, 2.24) is 16.0 Å². The van der Waals surface area contributed by atoms with E-state index in [9.17, 15) is 33.9 Å². The van der Waals surface area contributed by atoms with Gasteiger partial charge in [0.2, 0.25) is 29.5 Å². The highest BCUT2D eigenvalue weighted by Crippen LogP contribution is 2.05. The minimum absolute atomic E-state index is 0.284. The maximum absolute atomic E-state index is 12.7. The van der Waals surface area contributed by atoms with E-state index in [1.807, 2.05) is 0 Å². The van der Waals surface area contributed by atoms with Crippen LogP contribution in [0, 0.1) is 5.92 Å². The number of amides is 5. The number of carboxylic acids is 1. The Labute approximate surface area is 191 Å². The fourth-order valence-electron chi connectivity index (χ4n) is 2.78. The Kier molecular flexibility index (Phi) is 13.3. The van der Waals surface area contributed by atoms with Crippen molar-refractivity contribution in [2.24, 2.45) is 28.9 Å². The molecule has 14 nitrogen and oxygen atoms in total. The molecule has 14 heteroatoms. The number of carbonyl (C=O) groups excluding carboxylic acids is 5. The molecule has 0 aromatic rings. The third-order valence-corrected chi connectivity index (χ3v) is 4.61. The zero-order valence-corrected chi connectivity index (χ0v) is 18.8. The Morgan fingerprint density at radius 1 is 0.788 bits per heavy atom. The Morgan fingerprint density at radius 2 is 1.24 bits per heavy atom. The first kappa shape index (κ1) is 29.7. The summed E-state index contributed by atoms with van der Waals surface area (Å²) in [7, 11) is 0. The van der Waals surface area contributed by atoms with Gasteiger partial charge in [0, 0.05) is 0 Å². The number of carboxylic acid groups (broad SMARTS) is 1. The smallest absolute Gasteiger partial charge is 0.326 e. The van der Waals surface area contributed by atoms with Crippen LogP contribution < -0.4 is 38.9 Å². The van der Waals surface area contributed by atoms with Gasteiger partial charge < -0.3 is 44.0 Å². The molecule has 4 unspecified atom stereocenters. The first-order chi connectivity index (χ1) is 15.3. The lowest BCUT2D eigenvalue weighted by Gasteiger charge is -2.25. The van der Waals surface area contributed by atoms with E-state index < -0.39 is 78.4 Å². The summed E-state index contributed by atoms with van der Waals surface area (Å²) in [5.41, 5.74) is 21.5. The number of carbonyl (C=O) groups is 6. The van der Waals surface area contributed by atoms with Crippen molar-refractivity contribution in [3.8, 4) is 0 Å². The molecular formula is C19H35N7O7. The summed E-state index contributed by atoms with van der Waals surface area (Å²) in [5, 5.41) is 16.0. The van der Waals surface area contributed by atoms with E-state index >= 15 is 0 Å². The van der Waals surface area contributed by atoms with Crippen LogP contribution in [0.25, 0.3) is 0 Å². The van der Waals surface area contributed by atoms with Crippen LogP contribution >= 0.6 is 0 Å².